The molecule has 3 rings (SSSR count). The number of aryl methyl sites for hydroxylation is 3. The summed E-state index contributed by atoms with van der Waals surface area (Å²) in [4.78, 5) is 0. The van der Waals surface area contributed by atoms with Crippen molar-refractivity contribution in [2.75, 3.05) is 0 Å². The van der Waals surface area contributed by atoms with Gasteiger partial charge in [0.05, 0.1) is 10.8 Å². The van der Waals surface area contributed by atoms with Crippen LogP contribution in [0.2, 0.25) is 0 Å². The first kappa shape index (κ1) is 28.0. The average molecular weight is 511 g/mol. The van der Waals surface area contributed by atoms with Crippen LogP contribution in [0.4, 0.5) is 26.3 Å². The zero-order valence-electron chi connectivity index (χ0n) is 22.1. The van der Waals surface area contributed by atoms with Gasteiger partial charge in [-0.15, -0.1) is 0 Å². The van der Waals surface area contributed by atoms with Gasteiger partial charge in [-0.25, -0.2) is 0 Å². The lowest BCUT2D eigenvalue weighted by atomic mass is 9.80. The Bertz CT molecular complexity index is 1300. The number of fused-ring (bicyclic) bond motifs is 1. The molecule has 0 aliphatic rings. The molecule has 0 fully saturated rings. The number of alkyl halides is 6. The van der Waals surface area contributed by atoms with Crippen LogP contribution in [0.3, 0.4) is 0 Å². The fourth-order valence-corrected chi connectivity index (χ4v) is 4.65. The number of benzene rings is 2. The molecule has 2 aromatic carbocycles. The average Bonchev–Trinajstić information content (AvgIpc) is 2.69. The highest BCUT2D eigenvalue weighted by Crippen LogP contribution is 2.43. The second-order valence-corrected chi connectivity index (χ2v) is 11.3. The van der Waals surface area contributed by atoms with E-state index in [-0.39, 0.29) is 12.8 Å². The standard InChI is InChI=1S/C29H34F6N/c1-17-11-18(2)19(3)23(12-17)24-10-9-22-21(16-27(6,7)29(33,34)35)13-20(14-25(22)36(24)8)15-26(4,5)28(30,31)32/h9-14H,15-16H2,1-8H3/q+1. The molecule has 0 bridgehead atoms. The van der Waals surface area contributed by atoms with Crippen molar-refractivity contribution >= 4 is 10.9 Å². The molecular weight excluding hydrogens is 476 g/mol. The van der Waals surface area contributed by atoms with Gasteiger partial charge in [0, 0.05) is 23.1 Å². The molecule has 36 heavy (non-hydrogen) atoms. The molecular formula is C29H34F6N+. The lowest BCUT2D eigenvalue weighted by molar-refractivity contribution is -0.633. The van der Waals surface area contributed by atoms with Crippen molar-refractivity contribution in [2.45, 2.75) is 73.7 Å². The minimum absolute atomic E-state index is 0.335. The maximum atomic E-state index is 13.8. The van der Waals surface area contributed by atoms with Gasteiger partial charge in [0.25, 0.3) is 0 Å². The summed E-state index contributed by atoms with van der Waals surface area (Å²) in [6.45, 7) is 10.5. The zero-order valence-corrected chi connectivity index (χ0v) is 22.1. The summed E-state index contributed by atoms with van der Waals surface area (Å²) in [5, 5.41) is 0.606. The third kappa shape index (κ3) is 5.25. The van der Waals surface area contributed by atoms with Crippen LogP contribution in [-0.2, 0) is 19.9 Å². The van der Waals surface area contributed by atoms with Crippen molar-refractivity contribution in [3.63, 3.8) is 0 Å². The Balaban J connectivity index is 2.31. The highest BCUT2D eigenvalue weighted by Gasteiger charge is 2.48. The number of pyridine rings is 1. The maximum absolute atomic E-state index is 13.8. The first-order valence-electron chi connectivity index (χ1n) is 11.9. The van der Waals surface area contributed by atoms with E-state index in [9.17, 15) is 26.3 Å². The highest BCUT2D eigenvalue weighted by molar-refractivity contribution is 5.82. The summed E-state index contributed by atoms with van der Waals surface area (Å²) in [6, 6.07) is 11.0. The number of hydrogen-bond donors (Lipinski definition) is 0. The predicted octanol–water partition coefficient (Wildman–Crippen LogP) is 8.52. The van der Waals surface area contributed by atoms with Gasteiger partial charge in [0.15, 0.2) is 0 Å². The second-order valence-electron chi connectivity index (χ2n) is 11.3. The lowest BCUT2D eigenvalue weighted by Gasteiger charge is -2.30. The predicted molar refractivity (Wildman–Crippen MR) is 132 cm³/mol. The monoisotopic (exact) mass is 510 g/mol. The summed E-state index contributed by atoms with van der Waals surface area (Å²) >= 11 is 0. The van der Waals surface area contributed by atoms with Crippen molar-refractivity contribution in [3.8, 4) is 11.3 Å². The first-order chi connectivity index (χ1) is 16.2. The molecule has 1 nitrogen and oxygen atoms in total. The molecule has 0 amide bonds. The van der Waals surface area contributed by atoms with E-state index in [0.29, 0.717) is 22.0 Å². The van der Waals surface area contributed by atoms with Gasteiger partial charge < -0.3 is 0 Å². The Kier molecular flexibility index (Phi) is 7.06. The molecule has 0 spiro atoms. The zero-order chi connectivity index (χ0) is 27.4. The number of rotatable bonds is 5. The van der Waals surface area contributed by atoms with Gasteiger partial charge in [-0.05, 0) is 68.0 Å². The van der Waals surface area contributed by atoms with Gasteiger partial charge >= 0.3 is 12.4 Å². The molecule has 0 radical (unpaired) electrons. The number of halogens is 6. The quantitative estimate of drug-likeness (QED) is 0.239. The number of aromatic nitrogens is 1. The van der Waals surface area contributed by atoms with Crippen LogP contribution in [0.1, 0.15) is 55.5 Å². The molecule has 1 heterocycles. The van der Waals surface area contributed by atoms with Gasteiger partial charge in [0.1, 0.15) is 7.05 Å². The number of nitrogens with zero attached hydrogens (tertiary/aromatic N) is 1. The fourth-order valence-electron chi connectivity index (χ4n) is 4.65. The Morgan fingerprint density at radius 1 is 0.722 bits per heavy atom. The molecule has 3 aromatic rings. The van der Waals surface area contributed by atoms with Crippen LogP contribution >= 0.6 is 0 Å². The van der Waals surface area contributed by atoms with Crippen molar-refractivity contribution in [3.05, 3.63) is 64.2 Å². The third-order valence-electron chi connectivity index (χ3n) is 7.34. The van der Waals surface area contributed by atoms with E-state index in [2.05, 4.69) is 6.07 Å². The van der Waals surface area contributed by atoms with E-state index in [4.69, 9.17) is 0 Å². The van der Waals surface area contributed by atoms with Crippen LogP contribution < -0.4 is 4.57 Å². The summed E-state index contributed by atoms with van der Waals surface area (Å²) in [7, 11) is 1.81. The van der Waals surface area contributed by atoms with Crippen molar-refractivity contribution < 1.29 is 30.9 Å². The minimum atomic E-state index is -4.46. The molecule has 1 aromatic heterocycles. The number of hydrogen-bond acceptors (Lipinski definition) is 0. The van der Waals surface area contributed by atoms with Gasteiger partial charge in [-0.2, -0.15) is 30.9 Å². The molecule has 7 heteroatoms. The molecule has 0 saturated heterocycles. The Labute approximate surface area is 209 Å². The van der Waals surface area contributed by atoms with Gasteiger partial charge in [-0.3, -0.25) is 0 Å². The summed E-state index contributed by atoms with van der Waals surface area (Å²) < 4.78 is 84.3. The lowest BCUT2D eigenvalue weighted by Crippen LogP contribution is -2.36. The summed E-state index contributed by atoms with van der Waals surface area (Å²) in [5.41, 5.74) is 2.37. The minimum Gasteiger partial charge on any atom is -0.194 e. The Morgan fingerprint density at radius 2 is 1.28 bits per heavy atom. The smallest absolute Gasteiger partial charge is 0.194 e. The summed E-state index contributed by atoms with van der Waals surface area (Å²) in [6.07, 6.45) is -9.58. The van der Waals surface area contributed by atoms with Crippen molar-refractivity contribution in [2.24, 2.45) is 17.9 Å². The van der Waals surface area contributed by atoms with E-state index in [1.807, 2.05) is 44.5 Å². The molecule has 0 N–H and O–H groups in total. The maximum Gasteiger partial charge on any atom is 0.394 e. The molecule has 196 valence electrons. The molecule has 0 aliphatic carbocycles. The van der Waals surface area contributed by atoms with Crippen LogP contribution in [0, 0.1) is 31.6 Å². The SMILES string of the molecule is Cc1cc(C)c(C)c(-c2ccc3c(CC(C)(C)C(F)(F)F)cc(CC(C)(C)C(F)(F)F)cc3[n+]2C)c1. The van der Waals surface area contributed by atoms with Crippen LogP contribution in [0.5, 0.6) is 0 Å². The van der Waals surface area contributed by atoms with Crippen molar-refractivity contribution in [1.82, 2.24) is 0 Å². The Morgan fingerprint density at radius 3 is 1.83 bits per heavy atom. The van der Waals surface area contributed by atoms with Crippen molar-refractivity contribution in [1.29, 1.82) is 0 Å². The van der Waals surface area contributed by atoms with Gasteiger partial charge in [-0.1, -0.05) is 45.4 Å². The topological polar surface area (TPSA) is 3.88 Å². The Hall–Kier alpha value is -2.57. The van der Waals surface area contributed by atoms with Crippen LogP contribution in [0.15, 0.2) is 36.4 Å². The molecule has 0 saturated carbocycles. The van der Waals surface area contributed by atoms with E-state index >= 15 is 0 Å². The van der Waals surface area contributed by atoms with Crippen LogP contribution in [0.25, 0.3) is 22.2 Å². The first-order valence-corrected chi connectivity index (χ1v) is 11.9. The normalized spacial score (nSPS) is 13.5. The van der Waals surface area contributed by atoms with E-state index in [0.717, 1.165) is 55.6 Å². The van der Waals surface area contributed by atoms with E-state index < -0.39 is 23.2 Å². The largest absolute Gasteiger partial charge is 0.394 e. The highest BCUT2D eigenvalue weighted by atomic mass is 19.4. The molecule has 0 atom stereocenters. The molecule has 0 aliphatic heterocycles. The van der Waals surface area contributed by atoms with E-state index in [1.54, 1.807) is 12.1 Å². The molecule has 0 unspecified atom stereocenters. The summed E-state index contributed by atoms with van der Waals surface area (Å²) in [5.74, 6) is 0. The van der Waals surface area contributed by atoms with Gasteiger partial charge in [0.2, 0.25) is 11.2 Å². The third-order valence-corrected chi connectivity index (χ3v) is 7.34. The second kappa shape index (κ2) is 9.07. The van der Waals surface area contributed by atoms with E-state index in [1.165, 1.54) is 6.07 Å². The van der Waals surface area contributed by atoms with Crippen LogP contribution in [-0.4, -0.2) is 12.4 Å². The fraction of sp³-hybridized carbons (Fsp3) is 0.483.